The van der Waals surface area contributed by atoms with Gasteiger partial charge in [0.25, 0.3) is 0 Å². The minimum atomic E-state index is -0.722. The monoisotopic (exact) mass is 276 g/mol. The Balaban J connectivity index is 2.80. The molecule has 1 aromatic carbocycles. The Bertz CT molecular complexity index is 476. The predicted octanol–water partition coefficient (Wildman–Crippen LogP) is 3.47. The van der Waals surface area contributed by atoms with Crippen LogP contribution in [0.4, 0.5) is 4.39 Å². The van der Waals surface area contributed by atoms with Crippen molar-refractivity contribution in [3.63, 3.8) is 0 Å². The Kier molecular flexibility index (Phi) is 6.72. The van der Waals surface area contributed by atoms with Gasteiger partial charge in [0.1, 0.15) is 5.82 Å². The van der Waals surface area contributed by atoms with E-state index in [0.29, 0.717) is 18.7 Å². The molecule has 3 nitrogen and oxygen atoms in total. The summed E-state index contributed by atoms with van der Waals surface area (Å²) in [5, 5.41) is 9.21. The van der Waals surface area contributed by atoms with Crippen LogP contribution in [0.5, 0.6) is 0 Å². The van der Waals surface area contributed by atoms with E-state index >= 15 is 0 Å². The highest BCUT2D eigenvalue weighted by Gasteiger charge is 2.21. The van der Waals surface area contributed by atoms with Crippen LogP contribution in [0.2, 0.25) is 0 Å². The van der Waals surface area contributed by atoms with Crippen LogP contribution < -0.4 is 0 Å². The first-order valence-electron chi connectivity index (χ1n) is 7.05. The Labute approximate surface area is 120 Å². The molecule has 1 aromatic rings. The second kappa shape index (κ2) is 8.31. The summed E-state index contributed by atoms with van der Waals surface area (Å²) in [6, 6.07) is 8.19. The summed E-state index contributed by atoms with van der Waals surface area (Å²) in [7, 11) is 0. The third-order valence-electron chi connectivity index (χ3n) is 3.15. The lowest BCUT2D eigenvalue weighted by Crippen LogP contribution is -2.33. The largest absolute Gasteiger partial charge is 0.343 e. The van der Waals surface area contributed by atoms with Crippen LogP contribution in [0.25, 0.3) is 0 Å². The zero-order valence-electron chi connectivity index (χ0n) is 12.1. The van der Waals surface area contributed by atoms with Gasteiger partial charge in [-0.2, -0.15) is 5.26 Å². The predicted molar refractivity (Wildman–Crippen MR) is 76.5 cm³/mol. The van der Waals surface area contributed by atoms with Crippen LogP contribution in [-0.4, -0.2) is 23.9 Å². The van der Waals surface area contributed by atoms with Crippen molar-refractivity contribution in [3.8, 4) is 6.07 Å². The minimum Gasteiger partial charge on any atom is -0.343 e. The molecule has 1 atom stereocenters. The van der Waals surface area contributed by atoms with E-state index in [9.17, 15) is 14.4 Å². The first kappa shape index (κ1) is 16.2. The fraction of sp³-hybridized carbons (Fsp3) is 0.500. The van der Waals surface area contributed by atoms with Crippen LogP contribution in [0.15, 0.2) is 24.3 Å². The molecule has 1 rings (SSSR count). The number of amides is 1. The van der Waals surface area contributed by atoms with E-state index in [0.717, 1.165) is 12.8 Å². The Morgan fingerprint density at radius 1 is 1.30 bits per heavy atom. The molecule has 0 heterocycles. The fourth-order valence-electron chi connectivity index (χ4n) is 2.19. The number of hydrogen-bond donors (Lipinski definition) is 0. The van der Waals surface area contributed by atoms with Crippen LogP contribution >= 0.6 is 0 Å². The summed E-state index contributed by atoms with van der Waals surface area (Å²) in [4.78, 5) is 14.0. The number of rotatable bonds is 7. The smallest absolute Gasteiger partial charge is 0.224 e. The van der Waals surface area contributed by atoms with Crippen molar-refractivity contribution in [2.75, 3.05) is 13.1 Å². The Morgan fingerprint density at radius 2 is 1.90 bits per heavy atom. The summed E-state index contributed by atoms with van der Waals surface area (Å²) in [5.74, 6) is -1.23. The first-order valence-corrected chi connectivity index (χ1v) is 7.05. The SMILES string of the molecule is CCCN(CCC)C(=O)CC(C#N)c1ccccc1F. The van der Waals surface area contributed by atoms with E-state index in [1.54, 1.807) is 23.1 Å². The average molecular weight is 276 g/mol. The van der Waals surface area contributed by atoms with Crippen molar-refractivity contribution < 1.29 is 9.18 Å². The van der Waals surface area contributed by atoms with Crippen LogP contribution in [0.1, 0.15) is 44.6 Å². The number of hydrogen-bond acceptors (Lipinski definition) is 2. The van der Waals surface area contributed by atoms with Gasteiger partial charge in [-0.1, -0.05) is 32.0 Å². The molecule has 0 saturated heterocycles. The van der Waals surface area contributed by atoms with Gasteiger partial charge in [0.2, 0.25) is 5.91 Å². The lowest BCUT2D eigenvalue weighted by Gasteiger charge is -2.22. The number of benzene rings is 1. The molecule has 0 radical (unpaired) electrons. The third kappa shape index (κ3) is 4.34. The van der Waals surface area contributed by atoms with Gasteiger partial charge >= 0.3 is 0 Å². The van der Waals surface area contributed by atoms with Crippen molar-refractivity contribution >= 4 is 5.91 Å². The lowest BCUT2D eigenvalue weighted by molar-refractivity contribution is -0.131. The third-order valence-corrected chi connectivity index (χ3v) is 3.15. The number of nitriles is 1. The lowest BCUT2D eigenvalue weighted by atomic mass is 9.96. The molecule has 0 saturated carbocycles. The Hall–Kier alpha value is -1.89. The van der Waals surface area contributed by atoms with Crippen molar-refractivity contribution in [1.29, 1.82) is 5.26 Å². The van der Waals surface area contributed by atoms with Crippen LogP contribution in [0.3, 0.4) is 0 Å². The number of nitrogens with zero attached hydrogens (tertiary/aromatic N) is 2. The molecule has 20 heavy (non-hydrogen) atoms. The fourth-order valence-corrected chi connectivity index (χ4v) is 2.19. The molecule has 0 bridgehead atoms. The van der Waals surface area contributed by atoms with Crippen LogP contribution in [-0.2, 0) is 4.79 Å². The van der Waals surface area contributed by atoms with Gasteiger partial charge in [0, 0.05) is 25.1 Å². The van der Waals surface area contributed by atoms with Crippen molar-refractivity contribution in [1.82, 2.24) is 4.90 Å². The molecule has 0 fully saturated rings. The topological polar surface area (TPSA) is 44.1 Å². The van der Waals surface area contributed by atoms with Gasteiger partial charge in [0.15, 0.2) is 0 Å². The van der Waals surface area contributed by atoms with Gasteiger partial charge in [0.05, 0.1) is 12.0 Å². The average Bonchev–Trinajstić information content (AvgIpc) is 2.45. The maximum absolute atomic E-state index is 13.7. The molecular formula is C16H21FN2O. The van der Waals surface area contributed by atoms with E-state index in [-0.39, 0.29) is 12.3 Å². The zero-order valence-corrected chi connectivity index (χ0v) is 12.1. The van der Waals surface area contributed by atoms with Crippen molar-refractivity contribution in [2.24, 2.45) is 0 Å². The quantitative estimate of drug-likeness (QED) is 0.765. The second-order valence-electron chi connectivity index (χ2n) is 4.79. The molecule has 0 aliphatic rings. The Morgan fingerprint density at radius 3 is 2.40 bits per heavy atom. The van der Waals surface area contributed by atoms with E-state index in [1.165, 1.54) is 6.07 Å². The van der Waals surface area contributed by atoms with E-state index < -0.39 is 11.7 Å². The van der Waals surface area contributed by atoms with E-state index in [2.05, 4.69) is 0 Å². The summed E-state index contributed by atoms with van der Waals surface area (Å²) >= 11 is 0. The summed E-state index contributed by atoms with van der Waals surface area (Å²) < 4.78 is 13.7. The molecule has 0 aromatic heterocycles. The molecule has 4 heteroatoms. The standard InChI is InChI=1S/C16H21FN2O/c1-3-9-19(10-4-2)16(20)11-13(12-18)14-7-5-6-8-15(14)17/h5-8,13H,3-4,9-11H2,1-2H3. The summed E-state index contributed by atoms with van der Waals surface area (Å²) in [5.41, 5.74) is 0.302. The molecule has 0 aliphatic carbocycles. The number of halogens is 1. The number of carbonyl (C=O) groups is 1. The zero-order chi connectivity index (χ0) is 15.0. The summed E-state index contributed by atoms with van der Waals surface area (Å²) in [6.07, 6.45) is 1.79. The van der Waals surface area contributed by atoms with E-state index in [4.69, 9.17) is 0 Å². The van der Waals surface area contributed by atoms with Crippen molar-refractivity contribution in [2.45, 2.75) is 39.0 Å². The molecular weight excluding hydrogens is 255 g/mol. The highest BCUT2D eigenvalue weighted by atomic mass is 19.1. The molecule has 0 N–H and O–H groups in total. The minimum absolute atomic E-state index is 0.0391. The van der Waals surface area contributed by atoms with Gasteiger partial charge < -0.3 is 4.90 Å². The van der Waals surface area contributed by atoms with Gasteiger partial charge in [-0.05, 0) is 18.9 Å². The molecule has 1 amide bonds. The van der Waals surface area contributed by atoms with Crippen molar-refractivity contribution in [3.05, 3.63) is 35.6 Å². The van der Waals surface area contributed by atoms with E-state index in [1.807, 2.05) is 19.9 Å². The summed E-state index contributed by atoms with van der Waals surface area (Å²) in [6.45, 7) is 5.38. The maximum atomic E-state index is 13.7. The van der Waals surface area contributed by atoms with Crippen LogP contribution in [0, 0.1) is 17.1 Å². The first-order chi connectivity index (χ1) is 9.63. The molecule has 108 valence electrons. The highest BCUT2D eigenvalue weighted by Crippen LogP contribution is 2.22. The maximum Gasteiger partial charge on any atom is 0.224 e. The normalized spacial score (nSPS) is 11.7. The molecule has 1 unspecified atom stereocenters. The molecule has 0 spiro atoms. The number of carbonyl (C=O) groups excluding carboxylic acids is 1. The van der Waals surface area contributed by atoms with Gasteiger partial charge in [-0.15, -0.1) is 0 Å². The van der Waals surface area contributed by atoms with Gasteiger partial charge in [-0.3, -0.25) is 4.79 Å². The molecule has 0 aliphatic heterocycles. The van der Waals surface area contributed by atoms with Gasteiger partial charge in [-0.25, -0.2) is 4.39 Å². The highest BCUT2D eigenvalue weighted by molar-refractivity contribution is 5.77. The second-order valence-corrected chi connectivity index (χ2v) is 4.79.